The highest BCUT2D eigenvalue weighted by Gasteiger charge is 2.37. The minimum absolute atomic E-state index is 0.195. The number of nitrogens with zero attached hydrogens (tertiary/aromatic N) is 2. The van der Waals surface area contributed by atoms with Gasteiger partial charge in [0.1, 0.15) is 6.54 Å². The number of amides is 3. The van der Waals surface area contributed by atoms with Gasteiger partial charge in [0, 0.05) is 13.1 Å². The lowest BCUT2D eigenvalue weighted by Crippen LogP contribution is -2.45. The molecule has 0 fully saturated rings. The number of hydrogen-bond donors (Lipinski definition) is 0. The van der Waals surface area contributed by atoms with Gasteiger partial charge in [0.15, 0.2) is 0 Å². The van der Waals surface area contributed by atoms with Gasteiger partial charge in [-0.05, 0) is 18.6 Å². The normalized spacial score (nSPS) is 14.0. The molecule has 0 saturated heterocycles. The molecular weight excluding hydrogens is 360 g/mol. The SMILES string of the molecule is CCCCCCN(CC(C)C(=O)OC)C(=O)CN1C(=O)c2ccccc2C1=O. The zero-order chi connectivity index (χ0) is 20.7. The molecule has 3 amide bonds. The number of imide groups is 1. The Bertz CT molecular complexity index is 711. The lowest BCUT2D eigenvalue weighted by molar-refractivity contribution is -0.146. The molecule has 0 radical (unpaired) electrons. The number of unbranched alkanes of at least 4 members (excludes halogenated alkanes) is 3. The lowest BCUT2D eigenvalue weighted by Gasteiger charge is -2.27. The van der Waals surface area contributed by atoms with Crippen LogP contribution in [-0.4, -0.2) is 60.2 Å². The van der Waals surface area contributed by atoms with Crippen LogP contribution < -0.4 is 0 Å². The van der Waals surface area contributed by atoms with Crippen molar-refractivity contribution in [3.8, 4) is 0 Å². The Balaban J connectivity index is 2.07. The van der Waals surface area contributed by atoms with E-state index in [4.69, 9.17) is 4.74 Å². The zero-order valence-electron chi connectivity index (χ0n) is 16.8. The number of rotatable bonds is 10. The fourth-order valence-electron chi connectivity index (χ4n) is 3.27. The highest BCUT2D eigenvalue weighted by atomic mass is 16.5. The van der Waals surface area contributed by atoms with Crippen molar-refractivity contribution in [2.24, 2.45) is 5.92 Å². The molecule has 2 rings (SSSR count). The number of hydrogen-bond acceptors (Lipinski definition) is 5. The monoisotopic (exact) mass is 388 g/mol. The molecule has 7 heteroatoms. The van der Waals surface area contributed by atoms with Crippen LogP contribution in [0.3, 0.4) is 0 Å². The van der Waals surface area contributed by atoms with E-state index >= 15 is 0 Å². The molecule has 0 saturated carbocycles. The fourth-order valence-corrected chi connectivity index (χ4v) is 3.27. The molecule has 0 aromatic heterocycles. The van der Waals surface area contributed by atoms with Crippen molar-refractivity contribution in [1.29, 1.82) is 0 Å². The summed E-state index contributed by atoms with van der Waals surface area (Å²) in [5.74, 6) is -2.14. The number of ether oxygens (including phenoxy) is 1. The van der Waals surface area contributed by atoms with E-state index in [2.05, 4.69) is 6.92 Å². The van der Waals surface area contributed by atoms with Gasteiger partial charge in [-0.3, -0.25) is 24.1 Å². The van der Waals surface area contributed by atoms with E-state index in [1.807, 2.05) is 0 Å². The average Bonchev–Trinajstić information content (AvgIpc) is 2.94. The van der Waals surface area contributed by atoms with Gasteiger partial charge in [0.05, 0.1) is 24.2 Å². The summed E-state index contributed by atoms with van der Waals surface area (Å²) in [5.41, 5.74) is 0.635. The molecule has 1 heterocycles. The van der Waals surface area contributed by atoms with Crippen LogP contribution >= 0.6 is 0 Å². The van der Waals surface area contributed by atoms with Gasteiger partial charge in [0.25, 0.3) is 11.8 Å². The maximum atomic E-state index is 12.9. The second kappa shape index (κ2) is 10.0. The van der Waals surface area contributed by atoms with Crippen molar-refractivity contribution in [1.82, 2.24) is 9.80 Å². The molecule has 7 nitrogen and oxygen atoms in total. The Hall–Kier alpha value is -2.70. The van der Waals surface area contributed by atoms with Gasteiger partial charge in [-0.25, -0.2) is 0 Å². The van der Waals surface area contributed by atoms with Crippen molar-refractivity contribution >= 4 is 23.7 Å². The molecule has 1 aromatic rings. The molecular formula is C21H28N2O5. The topological polar surface area (TPSA) is 84.0 Å². The molecule has 0 bridgehead atoms. The Kier molecular flexibility index (Phi) is 7.72. The predicted octanol–water partition coefficient (Wildman–Crippen LogP) is 2.50. The summed E-state index contributed by atoms with van der Waals surface area (Å²) >= 11 is 0. The van der Waals surface area contributed by atoms with Gasteiger partial charge in [0.2, 0.25) is 5.91 Å². The van der Waals surface area contributed by atoms with E-state index in [9.17, 15) is 19.2 Å². The third-order valence-electron chi connectivity index (χ3n) is 4.90. The van der Waals surface area contributed by atoms with Gasteiger partial charge >= 0.3 is 5.97 Å². The number of methoxy groups -OCH3 is 1. The molecule has 152 valence electrons. The van der Waals surface area contributed by atoms with Crippen LogP contribution in [0.1, 0.15) is 60.2 Å². The quantitative estimate of drug-likeness (QED) is 0.349. The van der Waals surface area contributed by atoms with Crippen LogP contribution in [0, 0.1) is 5.92 Å². The number of benzene rings is 1. The predicted molar refractivity (Wildman–Crippen MR) is 104 cm³/mol. The zero-order valence-corrected chi connectivity index (χ0v) is 16.8. The molecule has 0 N–H and O–H groups in total. The standard InChI is InChI=1S/C21H28N2O5/c1-4-5-6-9-12-22(13-15(2)21(27)28-3)18(24)14-23-19(25)16-10-7-8-11-17(16)20(23)26/h7-8,10-11,15H,4-6,9,12-14H2,1-3H3. The second-order valence-electron chi connectivity index (χ2n) is 7.07. The first-order chi connectivity index (χ1) is 13.4. The highest BCUT2D eigenvalue weighted by Crippen LogP contribution is 2.22. The van der Waals surface area contributed by atoms with E-state index in [1.54, 1.807) is 36.1 Å². The van der Waals surface area contributed by atoms with Crippen molar-refractivity contribution in [2.45, 2.75) is 39.5 Å². The molecule has 1 aromatic carbocycles. The Labute approximate surface area is 165 Å². The first kappa shape index (κ1) is 21.6. The molecule has 28 heavy (non-hydrogen) atoms. The molecule has 1 unspecified atom stereocenters. The maximum Gasteiger partial charge on any atom is 0.310 e. The average molecular weight is 388 g/mol. The summed E-state index contributed by atoms with van der Waals surface area (Å²) in [5, 5.41) is 0. The third-order valence-corrected chi connectivity index (χ3v) is 4.90. The molecule has 1 atom stereocenters. The Morgan fingerprint density at radius 3 is 2.21 bits per heavy atom. The molecule has 1 aliphatic heterocycles. The van der Waals surface area contributed by atoms with Crippen molar-refractivity contribution in [2.75, 3.05) is 26.7 Å². The minimum atomic E-state index is -0.484. The van der Waals surface area contributed by atoms with E-state index in [0.29, 0.717) is 17.7 Å². The molecule has 1 aliphatic rings. The Morgan fingerprint density at radius 1 is 1.07 bits per heavy atom. The highest BCUT2D eigenvalue weighted by molar-refractivity contribution is 6.22. The maximum absolute atomic E-state index is 12.9. The van der Waals surface area contributed by atoms with Gasteiger partial charge in [-0.15, -0.1) is 0 Å². The fraction of sp³-hybridized carbons (Fsp3) is 0.524. The number of esters is 1. The molecule has 0 aliphatic carbocycles. The van der Waals surface area contributed by atoms with Crippen molar-refractivity contribution in [3.05, 3.63) is 35.4 Å². The van der Waals surface area contributed by atoms with Crippen LogP contribution in [0.4, 0.5) is 0 Å². The van der Waals surface area contributed by atoms with Crippen LogP contribution in [0.5, 0.6) is 0 Å². The molecule has 0 spiro atoms. The van der Waals surface area contributed by atoms with E-state index in [1.165, 1.54) is 7.11 Å². The number of carbonyl (C=O) groups is 4. The summed E-state index contributed by atoms with van der Waals surface area (Å²) in [6.45, 7) is 4.14. The second-order valence-corrected chi connectivity index (χ2v) is 7.07. The smallest absolute Gasteiger partial charge is 0.310 e. The van der Waals surface area contributed by atoms with Gasteiger partial charge in [-0.2, -0.15) is 0 Å². The van der Waals surface area contributed by atoms with Crippen LogP contribution in [0.15, 0.2) is 24.3 Å². The summed E-state index contributed by atoms with van der Waals surface area (Å²) in [7, 11) is 1.31. The van der Waals surface area contributed by atoms with Crippen molar-refractivity contribution in [3.63, 3.8) is 0 Å². The number of carbonyl (C=O) groups excluding carboxylic acids is 4. The first-order valence-corrected chi connectivity index (χ1v) is 9.71. The summed E-state index contributed by atoms with van der Waals surface area (Å²) in [6, 6.07) is 6.55. The van der Waals surface area contributed by atoms with Crippen molar-refractivity contribution < 1.29 is 23.9 Å². The minimum Gasteiger partial charge on any atom is -0.469 e. The lowest BCUT2D eigenvalue weighted by atomic mass is 10.1. The number of fused-ring (bicyclic) bond motifs is 1. The first-order valence-electron chi connectivity index (χ1n) is 9.71. The van der Waals surface area contributed by atoms with E-state index in [-0.39, 0.29) is 19.0 Å². The van der Waals surface area contributed by atoms with E-state index < -0.39 is 23.7 Å². The van der Waals surface area contributed by atoms with Crippen LogP contribution in [0.2, 0.25) is 0 Å². The Morgan fingerprint density at radius 2 is 1.68 bits per heavy atom. The largest absolute Gasteiger partial charge is 0.469 e. The van der Waals surface area contributed by atoms with Crippen LogP contribution in [0.25, 0.3) is 0 Å². The summed E-state index contributed by atoms with van der Waals surface area (Å²) in [6.07, 6.45) is 3.91. The third kappa shape index (κ3) is 4.97. The van der Waals surface area contributed by atoms with E-state index in [0.717, 1.165) is 30.6 Å². The summed E-state index contributed by atoms with van der Waals surface area (Å²) in [4.78, 5) is 52.2. The summed E-state index contributed by atoms with van der Waals surface area (Å²) < 4.78 is 4.75. The van der Waals surface area contributed by atoms with Gasteiger partial charge in [-0.1, -0.05) is 45.2 Å². The van der Waals surface area contributed by atoms with Crippen LogP contribution in [-0.2, 0) is 14.3 Å². The van der Waals surface area contributed by atoms with Gasteiger partial charge < -0.3 is 9.64 Å².